The summed E-state index contributed by atoms with van der Waals surface area (Å²) < 4.78 is 0. The van der Waals surface area contributed by atoms with Crippen molar-refractivity contribution in [1.29, 1.82) is 0 Å². The molecule has 0 saturated carbocycles. The number of carbonyl (C=O) groups is 2. The number of nitrogens with two attached hydrogens (primary N) is 1. The summed E-state index contributed by atoms with van der Waals surface area (Å²) in [5.74, 6) is -0.116. The fourth-order valence-corrected chi connectivity index (χ4v) is 2.28. The van der Waals surface area contributed by atoms with Gasteiger partial charge in [0, 0.05) is 17.5 Å². The SMILES string of the molecule is CCCCCCCCC(=O)c1ccccc1C(=O)CN. The van der Waals surface area contributed by atoms with Crippen LogP contribution in [0.4, 0.5) is 0 Å². The lowest BCUT2D eigenvalue weighted by Gasteiger charge is -2.07. The molecular weight excluding hydrogens is 250 g/mol. The number of hydrogen-bond donors (Lipinski definition) is 1. The Kier molecular flexibility index (Phi) is 7.81. The van der Waals surface area contributed by atoms with Crippen LogP contribution < -0.4 is 5.73 Å². The van der Waals surface area contributed by atoms with Gasteiger partial charge in [0.1, 0.15) is 0 Å². The van der Waals surface area contributed by atoms with Crippen molar-refractivity contribution in [2.24, 2.45) is 5.73 Å². The molecule has 1 rings (SSSR count). The molecule has 110 valence electrons. The molecular formula is C17H25NO2. The fraction of sp³-hybridized carbons (Fsp3) is 0.529. The molecule has 0 unspecified atom stereocenters. The van der Waals surface area contributed by atoms with Crippen LogP contribution in [0.25, 0.3) is 0 Å². The quantitative estimate of drug-likeness (QED) is 0.522. The predicted octanol–water partition coefficient (Wildman–Crippen LogP) is 3.76. The number of ketones is 2. The van der Waals surface area contributed by atoms with Crippen LogP contribution in [0, 0.1) is 0 Å². The molecule has 0 aliphatic carbocycles. The Labute approximate surface area is 121 Å². The molecule has 0 atom stereocenters. The van der Waals surface area contributed by atoms with Gasteiger partial charge in [-0.1, -0.05) is 63.3 Å². The summed E-state index contributed by atoms with van der Waals surface area (Å²) in [6, 6.07) is 6.97. The highest BCUT2D eigenvalue weighted by molar-refractivity contribution is 6.09. The van der Waals surface area contributed by atoms with Crippen molar-refractivity contribution in [2.45, 2.75) is 51.9 Å². The average Bonchev–Trinajstić information content (AvgIpc) is 2.49. The maximum Gasteiger partial charge on any atom is 0.177 e. The van der Waals surface area contributed by atoms with Gasteiger partial charge in [-0.05, 0) is 6.42 Å². The van der Waals surface area contributed by atoms with Crippen molar-refractivity contribution in [1.82, 2.24) is 0 Å². The first-order valence-corrected chi connectivity index (χ1v) is 7.56. The van der Waals surface area contributed by atoms with Crippen molar-refractivity contribution in [3.05, 3.63) is 35.4 Å². The van der Waals surface area contributed by atoms with Gasteiger partial charge in [0.05, 0.1) is 6.54 Å². The Balaban J connectivity index is 2.49. The van der Waals surface area contributed by atoms with E-state index in [4.69, 9.17) is 5.73 Å². The van der Waals surface area contributed by atoms with Crippen molar-refractivity contribution < 1.29 is 9.59 Å². The van der Waals surface area contributed by atoms with Crippen LogP contribution in [0.15, 0.2) is 24.3 Å². The second kappa shape index (κ2) is 9.43. The second-order valence-electron chi connectivity index (χ2n) is 5.11. The molecule has 0 heterocycles. The number of hydrogen-bond acceptors (Lipinski definition) is 3. The number of benzene rings is 1. The number of carbonyl (C=O) groups excluding carboxylic acids is 2. The van der Waals surface area contributed by atoms with Gasteiger partial charge in [0.25, 0.3) is 0 Å². The Bertz CT molecular complexity index is 440. The van der Waals surface area contributed by atoms with Gasteiger partial charge in [-0.3, -0.25) is 9.59 Å². The lowest BCUT2D eigenvalue weighted by molar-refractivity contribution is 0.0955. The third-order valence-corrected chi connectivity index (χ3v) is 3.47. The molecule has 0 spiro atoms. The number of unbranched alkanes of at least 4 members (excludes halogenated alkanes) is 5. The summed E-state index contributed by atoms with van der Waals surface area (Å²) >= 11 is 0. The van der Waals surface area contributed by atoms with Crippen molar-refractivity contribution in [2.75, 3.05) is 6.54 Å². The van der Waals surface area contributed by atoms with Crippen molar-refractivity contribution in [3.8, 4) is 0 Å². The van der Waals surface area contributed by atoms with Gasteiger partial charge in [-0.2, -0.15) is 0 Å². The molecule has 20 heavy (non-hydrogen) atoms. The van der Waals surface area contributed by atoms with Crippen LogP contribution in [0.2, 0.25) is 0 Å². The second-order valence-corrected chi connectivity index (χ2v) is 5.11. The van der Waals surface area contributed by atoms with E-state index in [0.717, 1.165) is 12.8 Å². The molecule has 0 amide bonds. The third kappa shape index (κ3) is 5.25. The first-order valence-electron chi connectivity index (χ1n) is 7.56. The first kappa shape index (κ1) is 16.6. The normalized spacial score (nSPS) is 10.5. The zero-order chi connectivity index (χ0) is 14.8. The molecule has 1 aromatic carbocycles. The van der Waals surface area contributed by atoms with Crippen LogP contribution in [-0.4, -0.2) is 18.1 Å². The molecule has 0 aliphatic rings. The lowest BCUT2D eigenvalue weighted by Crippen LogP contribution is -2.17. The maximum atomic E-state index is 12.2. The number of Topliss-reactive ketones (excluding diaryl/α,β-unsaturated/α-hetero) is 2. The third-order valence-electron chi connectivity index (χ3n) is 3.47. The Morgan fingerprint density at radius 3 is 2.05 bits per heavy atom. The molecule has 0 aromatic heterocycles. The summed E-state index contributed by atoms with van der Waals surface area (Å²) in [5, 5.41) is 0. The van der Waals surface area contributed by atoms with Gasteiger partial charge < -0.3 is 5.73 Å². The fourth-order valence-electron chi connectivity index (χ4n) is 2.28. The van der Waals surface area contributed by atoms with E-state index in [-0.39, 0.29) is 18.1 Å². The molecule has 0 aliphatic heterocycles. The zero-order valence-electron chi connectivity index (χ0n) is 12.4. The highest BCUT2D eigenvalue weighted by Crippen LogP contribution is 2.15. The molecule has 3 heteroatoms. The minimum atomic E-state index is -0.170. The van der Waals surface area contributed by atoms with Crippen molar-refractivity contribution in [3.63, 3.8) is 0 Å². The van der Waals surface area contributed by atoms with Crippen LogP contribution in [-0.2, 0) is 0 Å². The number of rotatable bonds is 10. The van der Waals surface area contributed by atoms with E-state index in [0.29, 0.717) is 17.5 Å². The topological polar surface area (TPSA) is 60.2 Å². The highest BCUT2D eigenvalue weighted by Gasteiger charge is 2.14. The maximum absolute atomic E-state index is 12.2. The van der Waals surface area contributed by atoms with E-state index in [2.05, 4.69) is 6.92 Å². The van der Waals surface area contributed by atoms with E-state index in [1.54, 1.807) is 24.3 Å². The molecule has 0 radical (unpaired) electrons. The van der Waals surface area contributed by atoms with E-state index in [1.807, 2.05) is 0 Å². The summed E-state index contributed by atoms with van der Waals surface area (Å²) in [6.07, 6.45) is 7.42. The molecule has 0 bridgehead atoms. The van der Waals surface area contributed by atoms with E-state index >= 15 is 0 Å². The standard InChI is InChI=1S/C17H25NO2/c1-2-3-4-5-6-7-12-16(19)14-10-8-9-11-15(14)17(20)13-18/h8-11H,2-7,12-13,18H2,1H3. The summed E-state index contributed by atoms with van der Waals surface area (Å²) in [5.41, 5.74) is 6.37. The van der Waals surface area contributed by atoms with Crippen LogP contribution in [0.3, 0.4) is 0 Å². The smallest absolute Gasteiger partial charge is 0.177 e. The van der Waals surface area contributed by atoms with Crippen molar-refractivity contribution >= 4 is 11.6 Å². The minimum Gasteiger partial charge on any atom is -0.324 e. The largest absolute Gasteiger partial charge is 0.324 e. The predicted molar refractivity (Wildman–Crippen MR) is 82.2 cm³/mol. The van der Waals surface area contributed by atoms with Gasteiger partial charge in [0.15, 0.2) is 11.6 Å². The highest BCUT2D eigenvalue weighted by atomic mass is 16.1. The summed E-state index contributed by atoms with van der Waals surface area (Å²) in [7, 11) is 0. The summed E-state index contributed by atoms with van der Waals surface area (Å²) in [6.45, 7) is 2.14. The van der Waals surface area contributed by atoms with Gasteiger partial charge >= 0.3 is 0 Å². The van der Waals surface area contributed by atoms with Gasteiger partial charge in [0.2, 0.25) is 0 Å². The van der Waals surface area contributed by atoms with Crippen LogP contribution in [0.5, 0.6) is 0 Å². The zero-order valence-corrected chi connectivity index (χ0v) is 12.4. The average molecular weight is 275 g/mol. The van der Waals surface area contributed by atoms with Gasteiger partial charge in [-0.15, -0.1) is 0 Å². The minimum absolute atomic E-state index is 0.0536. The molecule has 0 saturated heterocycles. The molecule has 0 fully saturated rings. The summed E-state index contributed by atoms with van der Waals surface area (Å²) in [4.78, 5) is 23.9. The van der Waals surface area contributed by atoms with E-state index < -0.39 is 0 Å². The van der Waals surface area contributed by atoms with E-state index in [1.165, 1.54) is 25.7 Å². The Morgan fingerprint density at radius 2 is 1.45 bits per heavy atom. The lowest BCUT2D eigenvalue weighted by atomic mass is 9.97. The van der Waals surface area contributed by atoms with Gasteiger partial charge in [-0.25, -0.2) is 0 Å². The monoisotopic (exact) mass is 275 g/mol. The van der Waals surface area contributed by atoms with Crippen LogP contribution in [0.1, 0.15) is 72.6 Å². The molecule has 2 N–H and O–H groups in total. The Hall–Kier alpha value is -1.48. The molecule has 1 aromatic rings. The van der Waals surface area contributed by atoms with Crippen LogP contribution >= 0.6 is 0 Å². The van der Waals surface area contributed by atoms with E-state index in [9.17, 15) is 9.59 Å². The Morgan fingerprint density at radius 1 is 0.900 bits per heavy atom. The first-order chi connectivity index (χ1) is 9.70. The molecule has 3 nitrogen and oxygen atoms in total.